The number of hydrogen-bond donors (Lipinski definition) is 1. The summed E-state index contributed by atoms with van der Waals surface area (Å²) in [6.45, 7) is 6.28. The van der Waals surface area contributed by atoms with E-state index in [1.807, 2.05) is 24.6 Å². The molecule has 1 N–H and O–H groups in total. The smallest absolute Gasteiger partial charge is 0.328 e. The molecule has 3 unspecified atom stereocenters. The molecule has 0 aliphatic carbocycles. The van der Waals surface area contributed by atoms with Crippen LogP contribution in [0.25, 0.3) is 0 Å². The van der Waals surface area contributed by atoms with Crippen LogP contribution in [-0.2, 0) is 9.53 Å². The van der Waals surface area contributed by atoms with E-state index in [0.717, 1.165) is 12.1 Å². The second kappa shape index (κ2) is 6.19. The van der Waals surface area contributed by atoms with Crippen molar-refractivity contribution in [2.45, 2.75) is 58.2 Å². The van der Waals surface area contributed by atoms with Crippen molar-refractivity contribution in [2.75, 3.05) is 6.61 Å². The Labute approximate surface area is 114 Å². The summed E-state index contributed by atoms with van der Waals surface area (Å²) in [4.78, 5) is 16.1. The first-order chi connectivity index (χ1) is 9.13. The van der Waals surface area contributed by atoms with E-state index >= 15 is 0 Å². The zero-order chi connectivity index (χ0) is 13.8. The van der Waals surface area contributed by atoms with Crippen LogP contribution in [-0.4, -0.2) is 28.2 Å². The van der Waals surface area contributed by atoms with Gasteiger partial charge in [-0.3, -0.25) is 0 Å². The van der Waals surface area contributed by atoms with E-state index in [1.165, 1.54) is 12.8 Å². The van der Waals surface area contributed by atoms with Crippen LogP contribution in [0.5, 0.6) is 0 Å². The molecule has 0 radical (unpaired) electrons. The summed E-state index contributed by atoms with van der Waals surface area (Å²) in [6, 6.07) is 0.472. The highest BCUT2D eigenvalue weighted by Crippen LogP contribution is 2.27. The van der Waals surface area contributed by atoms with Crippen LogP contribution in [0, 0.1) is 0 Å². The fraction of sp³-hybridized carbons (Fsp3) is 0.714. The van der Waals surface area contributed by atoms with Gasteiger partial charge < -0.3 is 14.6 Å². The standard InChI is InChI=1S/C14H23N3O2/c1-4-19-14(18)11(3)17-9-15-8-13(17)12-7-5-6-10(2)16-12/h8-12,16H,4-7H2,1-3H3. The lowest BCUT2D eigenvalue weighted by molar-refractivity contribution is -0.146. The number of esters is 1. The second-order valence-corrected chi connectivity index (χ2v) is 5.21. The predicted molar refractivity (Wildman–Crippen MR) is 72.8 cm³/mol. The Morgan fingerprint density at radius 3 is 3.11 bits per heavy atom. The van der Waals surface area contributed by atoms with Crippen molar-refractivity contribution in [3.8, 4) is 0 Å². The van der Waals surface area contributed by atoms with Gasteiger partial charge in [0.25, 0.3) is 0 Å². The van der Waals surface area contributed by atoms with E-state index < -0.39 is 0 Å². The summed E-state index contributed by atoms with van der Waals surface area (Å²) in [7, 11) is 0. The number of nitrogens with one attached hydrogen (secondary N) is 1. The number of carbonyl (C=O) groups is 1. The van der Waals surface area contributed by atoms with Crippen LogP contribution >= 0.6 is 0 Å². The van der Waals surface area contributed by atoms with Crippen molar-refractivity contribution in [3.63, 3.8) is 0 Å². The van der Waals surface area contributed by atoms with Gasteiger partial charge in [-0.1, -0.05) is 0 Å². The molecule has 1 fully saturated rings. The first kappa shape index (κ1) is 14.1. The Kier molecular flexibility index (Phi) is 4.58. The van der Waals surface area contributed by atoms with E-state index in [0.29, 0.717) is 12.6 Å². The van der Waals surface area contributed by atoms with E-state index in [9.17, 15) is 4.79 Å². The monoisotopic (exact) mass is 265 g/mol. The van der Waals surface area contributed by atoms with E-state index in [-0.39, 0.29) is 18.1 Å². The molecule has 1 saturated heterocycles. The topological polar surface area (TPSA) is 56.2 Å². The molecule has 5 nitrogen and oxygen atoms in total. The molecule has 0 bridgehead atoms. The third-order valence-corrected chi connectivity index (χ3v) is 3.71. The lowest BCUT2D eigenvalue weighted by Gasteiger charge is -2.30. The Hall–Kier alpha value is -1.36. The molecular formula is C14H23N3O2. The average molecular weight is 265 g/mol. The number of hydrogen-bond acceptors (Lipinski definition) is 4. The highest BCUT2D eigenvalue weighted by atomic mass is 16.5. The van der Waals surface area contributed by atoms with Crippen molar-refractivity contribution < 1.29 is 9.53 Å². The van der Waals surface area contributed by atoms with E-state index in [2.05, 4.69) is 17.2 Å². The normalized spacial score (nSPS) is 25.0. The van der Waals surface area contributed by atoms with Gasteiger partial charge in [0, 0.05) is 18.3 Å². The van der Waals surface area contributed by atoms with Gasteiger partial charge in [-0.05, 0) is 40.0 Å². The van der Waals surface area contributed by atoms with Crippen molar-refractivity contribution in [1.29, 1.82) is 0 Å². The fourth-order valence-corrected chi connectivity index (χ4v) is 2.66. The molecule has 1 aromatic rings. The minimum absolute atomic E-state index is 0.203. The molecule has 5 heteroatoms. The maximum Gasteiger partial charge on any atom is 0.328 e. The molecule has 3 atom stereocenters. The van der Waals surface area contributed by atoms with Gasteiger partial charge in [0.15, 0.2) is 0 Å². The third kappa shape index (κ3) is 3.15. The summed E-state index contributed by atoms with van der Waals surface area (Å²) in [5.74, 6) is -0.203. The fourth-order valence-electron chi connectivity index (χ4n) is 2.66. The molecule has 0 spiro atoms. The Balaban J connectivity index is 2.14. The highest BCUT2D eigenvalue weighted by molar-refractivity contribution is 5.73. The number of carbonyl (C=O) groups excluding carboxylic acids is 1. The number of rotatable bonds is 4. The lowest BCUT2D eigenvalue weighted by Crippen LogP contribution is -2.36. The van der Waals surface area contributed by atoms with Gasteiger partial charge >= 0.3 is 5.97 Å². The van der Waals surface area contributed by atoms with Crippen LogP contribution in [0.4, 0.5) is 0 Å². The van der Waals surface area contributed by atoms with Gasteiger partial charge in [0.1, 0.15) is 6.04 Å². The quantitative estimate of drug-likeness (QED) is 0.848. The number of imidazole rings is 1. The molecule has 1 aliphatic rings. The molecule has 106 valence electrons. The molecule has 0 amide bonds. The van der Waals surface area contributed by atoms with Gasteiger partial charge in [-0.15, -0.1) is 0 Å². The summed E-state index contributed by atoms with van der Waals surface area (Å²) in [5, 5.41) is 3.57. The predicted octanol–water partition coefficient (Wildman–Crippen LogP) is 2.21. The van der Waals surface area contributed by atoms with Crippen LogP contribution < -0.4 is 5.32 Å². The minimum atomic E-state index is -0.323. The van der Waals surface area contributed by atoms with Crippen LogP contribution in [0.1, 0.15) is 57.8 Å². The van der Waals surface area contributed by atoms with Gasteiger partial charge in [-0.25, -0.2) is 9.78 Å². The van der Waals surface area contributed by atoms with Gasteiger partial charge in [0.2, 0.25) is 0 Å². The second-order valence-electron chi connectivity index (χ2n) is 5.21. The molecule has 19 heavy (non-hydrogen) atoms. The zero-order valence-corrected chi connectivity index (χ0v) is 11.9. The third-order valence-electron chi connectivity index (χ3n) is 3.71. The first-order valence-electron chi connectivity index (χ1n) is 7.08. The maximum atomic E-state index is 11.8. The minimum Gasteiger partial charge on any atom is -0.464 e. The molecule has 2 heterocycles. The number of piperidine rings is 1. The summed E-state index contributed by atoms with van der Waals surface area (Å²) >= 11 is 0. The van der Waals surface area contributed by atoms with E-state index in [4.69, 9.17) is 4.74 Å². The lowest BCUT2D eigenvalue weighted by atomic mass is 9.97. The Bertz CT molecular complexity index is 430. The van der Waals surface area contributed by atoms with Gasteiger partial charge in [0.05, 0.1) is 18.6 Å². The maximum absolute atomic E-state index is 11.8. The largest absolute Gasteiger partial charge is 0.464 e. The number of ether oxygens (including phenoxy) is 1. The molecule has 0 aromatic carbocycles. The summed E-state index contributed by atoms with van der Waals surface area (Å²) in [5.41, 5.74) is 1.08. The SMILES string of the molecule is CCOC(=O)C(C)n1cncc1C1CCCC(C)N1. The summed E-state index contributed by atoms with van der Waals surface area (Å²) < 4.78 is 7.01. The van der Waals surface area contributed by atoms with Crippen molar-refractivity contribution in [2.24, 2.45) is 0 Å². The van der Waals surface area contributed by atoms with Crippen molar-refractivity contribution in [3.05, 3.63) is 18.2 Å². The molecular weight excluding hydrogens is 242 g/mol. The van der Waals surface area contributed by atoms with Gasteiger partial charge in [-0.2, -0.15) is 0 Å². The number of aromatic nitrogens is 2. The summed E-state index contributed by atoms with van der Waals surface area (Å²) in [6.07, 6.45) is 7.07. The highest BCUT2D eigenvalue weighted by Gasteiger charge is 2.26. The first-order valence-corrected chi connectivity index (χ1v) is 7.08. The molecule has 1 aromatic heterocycles. The molecule has 0 saturated carbocycles. The number of nitrogens with zero attached hydrogens (tertiary/aromatic N) is 2. The molecule has 2 rings (SSSR count). The van der Waals surface area contributed by atoms with Crippen LogP contribution in [0.3, 0.4) is 0 Å². The van der Waals surface area contributed by atoms with Crippen molar-refractivity contribution in [1.82, 2.24) is 14.9 Å². The zero-order valence-electron chi connectivity index (χ0n) is 11.9. The van der Waals surface area contributed by atoms with Crippen LogP contribution in [0.15, 0.2) is 12.5 Å². The Morgan fingerprint density at radius 2 is 2.42 bits per heavy atom. The van der Waals surface area contributed by atoms with Crippen molar-refractivity contribution >= 4 is 5.97 Å². The van der Waals surface area contributed by atoms with Crippen LogP contribution in [0.2, 0.25) is 0 Å². The Morgan fingerprint density at radius 1 is 1.63 bits per heavy atom. The average Bonchev–Trinajstić information content (AvgIpc) is 2.87. The molecule has 1 aliphatic heterocycles. The van der Waals surface area contributed by atoms with E-state index in [1.54, 1.807) is 6.33 Å².